The Bertz CT molecular complexity index is 1320. The lowest BCUT2D eigenvalue weighted by atomic mass is 10.1. The van der Waals surface area contributed by atoms with Crippen molar-refractivity contribution in [3.05, 3.63) is 77.9 Å². The maximum absolute atomic E-state index is 13.5. The van der Waals surface area contributed by atoms with E-state index in [0.29, 0.717) is 11.4 Å². The van der Waals surface area contributed by atoms with Crippen LogP contribution >= 0.6 is 11.3 Å². The molecular formula is C27H28N4O3S. The molecule has 0 radical (unpaired) electrons. The van der Waals surface area contributed by atoms with Gasteiger partial charge in [0.15, 0.2) is 5.13 Å². The Kier molecular flexibility index (Phi) is 6.83. The van der Waals surface area contributed by atoms with E-state index in [9.17, 15) is 4.79 Å². The number of aromatic nitrogens is 1. The second-order valence-corrected chi connectivity index (χ2v) is 9.47. The Morgan fingerprint density at radius 2 is 1.89 bits per heavy atom. The molecule has 5 rings (SSSR count). The van der Waals surface area contributed by atoms with Crippen molar-refractivity contribution in [1.82, 2.24) is 4.98 Å². The number of nitrogens with one attached hydrogen (secondary N) is 2. The maximum Gasteiger partial charge on any atom is 0.251 e. The zero-order valence-electron chi connectivity index (χ0n) is 19.8. The molecular weight excluding hydrogens is 460 g/mol. The van der Waals surface area contributed by atoms with E-state index in [2.05, 4.69) is 21.6 Å². The SMILES string of the molecule is COc1ccc(C)cc1NC(=O)[C@H](Nc1ccc2nc(N3CCOCC3)sc2c1)c1ccccc1. The van der Waals surface area contributed by atoms with E-state index in [0.717, 1.165) is 58.5 Å². The van der Waals surface area contributed by atoms with Crippen molar-refractivity contribution in [2.45, 2.75) is 13.0 Å². The molecule has 1 amide bonds. The van der Waals surface area contributed by atoms with Crippen molar-refractivity contribution < 1.29 is 14.3 Å². The highest BCUT2D eigenvalue weighted by Gasteiger charge is 2.23. The number of carbonyl (C=O) groups excluding carboxylic acids is 1. The van der Waals surface area contributed by atoms with Crippen LogP contribution in [0.4, 0.5) is 16.5 Å². The smallest absolute Gasteiger partial charge is 0.251 e. The van der Waals surface area contributed by atoms with Gasteiger partial charge in [0.1, 0.15) is 11.8 Å². The largest absolute Gasteiger partial charge is 0.495 e. The van der Waals surface area contributed by atoms with Crippen molar-refractivity contribution >= 4 is 44.0 Å². The summed E-state index contributed by atoms with van der Waals surface area (Å²) in [5.41, 5.74) is 4.36. The van der Waals surface area contributed by atoms with E-state index in [-0.39, 0.29) is 5.91 Å². The highest BCUT2D eigenvalue weighted by molar-refractivity contribution is 7.22. The van der Waals surface area contributed by atoms with E-state index >= 15 is 0 Å². The molecule has 1 saturated heterocycles. The standard InChI is InChI=1S/C27H28N4O3S/c1-18-8-11-23(33-2)22(16-18)29-26(32)25(19-6-4-3-5-7-19)28-20-9-10-21-24(17-20)35-27(30-21)31-12-14-34-15-13-31/h3-11,16-17,25,28H,12-15H2,1-2H3,(H,29,32)/t25-/m1/s1. The molecule has 180 valence electrons. The first-order valence-corrected chi connectivity index (χ1v) is 12.4. The van der Waals surface area contributed by atoms with Gasteiger partial charge in [0.2, 0.25) is 0 Å². The Hall–Kier alpha value is -3.62. The van der Waals surface area contributed by atoms with Gasteiger partial charge in [0, 0.05) is 18.8 Å². The van der Waals surface area contributed by atoms with Gasteiger partial charge < -0.3 is 25.0 Å². The number of methoxy groups -OCH3 is 1. The van der Waals surface area contributed by atoms with Crippen LogP contribution in [-0.4, -0.2) is 44.3 Å². The van der Waals surface area contributed by atoms with Crippen molar-refractivity contribution in [1.29, 1.82) is 0 Å². The van der Waals surface area contributed by atoms with Gasteiger partial charge >= 0.3 is 0 Å². The number of hydrogen-bond acceptors (Lipinski definition) is 7. The van der Waals surface area contributed by atoms with Gasteiger partial charge in [-0.25, -0.2) is 4.98 Å². The minimum absolute atomic E-state index is 0.168. The average molecular weight is 489 g/mol. The second kappa shape index (κ2) is 10.3. The Morgan fingerprint density at radius 1 is 1.09 bits per heavy atom. The number of fused-ring (bicyclic) bond motifs is 1. The van der Waals surface area contributed by atoms with Crippen LogP contribution < -0.4 is 20.3 Å². The second-order valence-electron chi connectivity index (χ2n) is 8.46. The normalized spacial score (nSPS) is 14.5. The number of nitrogens with zero attached hydrogens (tertiary/aromatic N) is 2. The molecule has 2 N–H and O–H groups in total. The number of hydrogen-bond donors (Lipinski definition) is 2. The van der Waals surface area contributed by atoms with E-state index in [1.54, 1.807) is 18.4 Å². The topological polar surface area (TPSA) is 75.7 Å². The molecule has 1 aliphatic rings. The Balaban J connectivity index is 1.42. The molecule has 2 heterocycles. The monoisotopic (exact) mass is 488 g/mol. The van der Waals surface area contributed by atoms with Gasteiger partial charge in [0.05, 0.1) is 36.2 Å². The van der Waals surface area contributed by atoms with Gasteiger partial charge in [0.25, 0.3) is 5.91 Å². The van der Waals surface area contributed by atoms with Gasteiger partial charge in [-0.1, -0.05) is 47.7 Å². The van der Waals surface area contributed by atoms with Gasteiger partial charge in [-0.2, -0.15) is 0 Å². The summed E-state index contributed by atoms with van der Waals surface area (Å²) in [6.07, 6.45) is 0. The molecule has 0 bridgehead atoms. The summed E-state index contributed by atoms with van der Waals surface area (Å²) in [7, 11) is 1.60. The van der Waals surface area contributed by atoms with Crippen molar-refractivity contribution in [2.75, 3.05) is 48.9 Å². The van der Waals surface area contributed by atoms with Crippen LogP contribution in [0, 0.1) is 6.92 Å². The number of amides is 1. The fourth-order valence-corrected chi connectivity index (χ4v) is 5.19. The lowest BCUT2D eigenvalue weighted by molar-refractivity contribution is -0.117. The molecule has 0 aliphatic carbocycles. The molecule has 7 nitrogen and oxygen atoms in total. The van der Waals surface area contributed by atoms with Crippen LogP contribution in [0.5, 0.6) is 5.75 Å². The van der Waals surface area contributed by atoms with Crippen molar-refractivity contribution in [3.63, 3.8) is 0 Å². The lowest BCUT2D eigenvalue weighted by Crippen LogP contribution is -2.36. The third kappa shape index (κ3) is 5.23. The zero-order chi connectivity index (χ0) is 24.2. The number of carbonyl (C=O) groups is 1. The van der Waals surface area contributed by atoms with Crippen LogP contribution in [0.15, 0.2) is 66.7 Å². The van der Waals surface area contributed by atoms with E-state index in [4.69, 9.17) is 14.5 Å². The average Bonchev–Trinajstić information content (AvgIpc) is 3.32. The first-order chi connectivity index (χ1) is 17.1. The Morgan fingerprint density at radius 3 is 2.66 bits per heavy atom. The fraction of sp³-hybridized carbons (Fsp3) is 0.259. The highest BCUT2D eigenvalue weighted by Crippen LogP contribution is 2.33. The molecule has 3 aromatic carbocycles. The number of aryl methyl sites for hydroxylation is 1. The first-order valence-electron chi connectivity index (χ1n) is 11.6. The van der Waals surface area contributed by atoms with Crippen LogP contribution in [0.1, 0.15) is 17.2 Å². The van der Waals surface area contributed by atoms with Crippen molar-refractivity contribution in [3.8, 4) is 5.75 Å². The quantitative estimate of drug-likeness (QED) is 0.371. The molecule has 1 aromatic heterocycles. The lowest BCUT2D eigenvalue weighted by Gasteiger charge is -2.25. The summed E-state index contributed by atoms with van der Waals surface area (Å²) in [6.45, 7) is 5.13. The number of rotatable bonds is 7. The first kappa shape index (κ1) is 23.1. The number of morpholine rings is 1. The van der Waals surface area contributed by atoms with E-state index in [1.807, 2.05) is 67.6 Å². The van der Waals surface area contributed by atoms with Gasteiger partial charge in [-0.15, -0.1) is 0 Å². The summed E-state index contributed by atoms with van der Waals surface area (Å²) in [5.74, 6) is 0.455. The molecule has 8 heteroatoms. The molecule has 0 saturated carbocycles. The minimum atomic E-state index is -0.592. The van der Waals surface area contributed by atoms with Crippen LogP contribution in [-0.2, 0) is 9.53 Å². The van der Waals surface area contributed by atoms with Gasteiger partial charge in [-0.05, 0) is 48.4 Å². The summed E-state index contributed by atoms with van der Waals surface area (Å²) < 4.78 is 12.0. The maximum atomic E-state index is 13.5. The third-order valence-electron chi connectivity index (χ3n) is 5.98. The summed E-state index contributed by atoms with van der Waals surface area (Å²) in [4.78, 5) is 20.6. The molecule has 0 spiro atoms. The molecule has 4 aromatic rings. The van der Waals surface area contributed by atoms with Crippen molar-refractivity contribution in [2.24, 2.45) is 0 Å². The summed E-state index contributed by atoms with van der Waals surface area (Å²) >= 11 is 1.66. The molecule has 1 atom stereocenters. The number of anilines is 3. The predicted molar refractivity (Wildman–Crippen MR) is 142 cm³/mol. The molecule has 0 unspecified atom stereocenters. The number of ether oxygens (including phenoxy) is 2. The van der Waals surface area contributed by atoms with Crippen LogP contribution in [0.3, 0.4) is 0 Å². The third-order valence-corrected chi connectivity index (χ3v) is 7.06. The molecule has 1 fully saturated rings. The molecule has 35 heavy (non-hydrogen) atoms. The fourth-order valence-electron chi connectivity index (χ4n) is 4.13. The highest BCUT2D eigenvalue weighted by atomic mass is 32.1. The van der Waals surface area contributed by atoms with Gasteiger partial charge in [-0.3, -0.25) is 4.79 Å². The molecule has 1 aliphatic heterocycles. The zero-order valence-corrected chi connectivity index (χ0v) is 20.6. The van der Waals surface area contributed by atoms with E-state index < -0.39 is 6.04 Å². The summed E-state index contributed by atoms with van der Waals surface area (Å²) in [5, 5.41) is 7.50. The number of benzene rings is 3. The minimum Gasteiger partial charge on any atom is -0.495 e. The number of thiazole rings is 1. The summed E-state index contributed by atoms with van der Waals surface area (Å²) in [6, 6.07) is 20.9. The predicted octanol–water partition coefficient (Wildman–Crippen LogP) is 5.24. The Labute approximate surface area is 208 Å². The van der Waals surface area contributed by atoms with Crippen LogP contribution in [0.25, 0.3) is 10.2 Å². The van der Waals surface area contributed by atoms with Crippen LogP contribution in [0.2, 0.25) is 0 Å². The van der Waals surface area contributed by atoms with E-state index in [1.165, 1.54) is 0 Å².